The van der Waals surface area contributed by atoms with Gasteiger partial charge in [0.05, 0.1) is 5.75 Å². The predicted molar refractivity (Wildman–Crippen MR) is 93.6 cm³/mol. The Hall–Kier alpha value is -2.22. The molecule has 1 amide bonds. The Balaban J connectivity index is 1.73. The summed E-state index contributed by atoms with van der Waals surface area (Å²) in [5, 5.41) is 9.80. The van der Waals surface area contributed by atoms with E-state index in [2.05, 4.69) is 57.4 Å². The molecule has 2 aromatic rings. The van der Waals surface area contributed by atoms with Gasteiger partial charge in [-0.1, -0.05) is 23.9 Å². The van der Waals surface area contributed by atoms with Crippen molar-refractivity contribution >= 4 is 29.3 Å². The van der Waals surface area contributed by atoms with Crippen LogP contribution in [0.1, 0.15) is 12.5 Å². The molecule has 4 N–H and O–H groups in total. The molecule has 23 heavy (non-hydrogen) atoms. The number of nitrogen functional groups attached to an aromatic ring is 1. The molecule has 1 aromatic heterocycles. The average molecular weight is 334 g/mol. The van der Waals surface area contributed by atoms with Crippen LogP contribution < -0.4 is 16.0 Å². The summed E-state index contributed by atoms with van der Waals surface area (Å²) in [6.45, 7) is 6.44. The second kappa shape index (κ2) is 8.42. The second-order valence-corrected chi connectivity index (χ2v) is 6.00. The number of hydrogen-bond acceptors (Lipinski definition) is 6. The van der Waals surface area contributed by atoms with E-state index in [1.807, 2.05) is 6.07 Å². The number of amides is 1. The van der Waals surface area contributed by atoms with Gasteiger partial charge in [0.15, 0.2) is 0 Å². The van der Waals surface area contributed by atoms with E-state index in [1.54, 1.807) is 0 Å². The van der Waals surface area contributed by atoms with E-state index in [0.717, 1.165) is 13.1 Å². The van der Waals surface area contributed by atoms with Gasteiger partial charge in [-0.05, 0) is 31.5 Å². The summed E-state index contributed by atoms with van der Waals surface area (Å²) in [7, 11) is 0. The summed E-state index contributed by atoms with van der Waals surface area (Å²) in [6, 6.07) is 8.36. The number of likely N-dealkylation sites (N-methyl/N-ethyl adjacent to an activating group) is 1. The molecule has 0 unspecified atom stereocenters. The number of aryl methyl sites for hydroxylation is 1. The van der Waals surface area contributed by atoms with E-state index in [4.69, 9.17) is 5.73 Å². The number of hydrogen-bond donors (Lipinski definition) is 3. The third-order valence-electron chi connectivity index (χ3n) is 3.27. The molecule has 0 saturated carbocycles. The van der Waals surface area contributed by atoms with Crippen molar-refractivity contribution < 1.29 is 4.79 Å². The van der Waals surface area contributed by atoms with E-state index in [0.29, 0.717) is 11.7 Å². The van der Waals surface area contributed by atoms with Crippen molar-refractivity contribution in [1.82, 2.24) is 20.5 Å². The third kappa shape index (κ3) is 5.48. The first kappa shape index (κ1) is 17.1. The summed E-state index contributed by atoms with van der Waals surface area (Å²) in [5.74, 6) is 0.483. The topological polar surface area (TPSA) is 99.9 Å². The molecule has 0 aliphatic carbocycles. The maximum Gasteiger partial charge on any atom is 0.230 e. The molecule has 0 atom stereocenters. The standard InChI is InChI=1S/C15H22N6OS/c1-3-21(12-6-4-5-11(2)9-12)8-7-17-13(22)10-23-15-18-14(16)19-20-15/h4-6,9H,3,7-8,10H2,1-2H3,(H,17,22)(H3,16,18,19,20). The SMILES string of the molecule is CCN(CCNC(=O)CSc1n[nH]c(N)n1)c1cccc(C)c1. The summed E-state index contributed by atoms with van der Waals surface area (Å²) in [6.07, 6.45) is 0. The zero-order chi connectivity index (χ0) is 16.7. The second-order valence-electron chi connectivity index (χ2n) is 5.06. The zero-order valence-corrected chi connectivity index (χ0v) is 14.2. The Morgan fingerprint density at radius 2 is 2.30 bits per heavy atom. The van der Waals surface area contributed by atoms with Crippen molar-refractivity contribution in [2.75, 3.05) is 36.0 Å². The number of aromatic nitrogens is 3. The highest BCUT2D eigenvalue weighted by Gasteiger charge is 2.08. The number of thioether (sulfide) groups is 1. The Morgan fingerprint density at radius 1 is 1.48 bits per heavy atom. The van der Waals surface area contributed by atoms with Gasteiger partial charge in [-0.25, -0.2) is 5.10 Å². The summed E-state index contributed by atoms with van der Waals surface area (Å²) in [4.78, 5) is 18.0. The number of benzene rings is 1. The Morgan fingerprint density at radius 3 is 2.96 bits per heavy atom. The van der Waals surface area contributed by atoms with Gasteiger partial charge in [0.25, 0.3) is 0 Å². The molecule has 0 bridgehead atoms. The van der Waals surface area contributed by atoms with Crippen LogP contribution in [0.4, 0.5) is 11.6 Å². The molecule has 0 fully saturated rings. The van der Waals surface area contributed by atoms with Gasteiger partial charge in [0, 0.05) is 25.3 Å². The number of nitrogens with one attached hydrogen (secondary N) is 2. The number of H-pyrrole nitrogens is 1. The van der Waals surface area contributed by atoms with Gasteiger partial charge in [-0.3, -0.25) is 4.79 Å². The summed E-state index contributed by atoms with van der Waals surface area (Å²) in [5.41, 5.74) is 7.83. The van der Waals surface area contributed by atoms with Crippen molar-refractivity contribution in [3.63, 3.8) is 0 Å². The number of anilines is 2. The molecule has 124 valence electrons. The maximum atomic E-state index is 11.8. The normalized spacial score (nSPS) is 10.5. The third-order valence-corrected chi connectivity index (χ3v) is 4.11. The molecule has 8 heteroatoms. The molecule has 0 aliphatic heterocycles. The van der Waals surface area contributed by atoms with E-state index in [1.165, 1.54) is 23.0 Å². The highest BCUT2D eigenvalue weighted by molar-refractivity contribution is 7.99. The molecule has 0 saturated heterocycles. The smallest absolute Gasteiger partial charge is 0.230 e. The van der Waals surface area contributed by atoms with Gasteiger partial charge in [0.1, 0.15) is 0 Å². The largest absolute Gasteiger partial charge is 0.370 e. The van der Waals surface area contributed by atoms with E-state index in [-0.39, 0.29) is 17.6 Å². The van der Waals surface area contributed by atoms with Crippen LogP contribution in [-0.2, 0) is 4.79 Å². The molecule has 7 nitrogen and oxygen atoms in total. The fourth-order valence-electron chi connectivity index (χ4n) is 2.13. The van der Waals surface area contributed by atoms with Gasteiger partial charge < -0.3 is 16.0 Å². The number of aromatic amines is 1. The Bertz CT molecular complexity index is 644. The molecule has 1 heterocycles. The van der Waals surface area contributed by atoms with Crippen molar-refractivity contribution in [1.29, 1.82) is 0 Å². The number of carbonyl (C=O) groups is 1. The highest BCUT2D eigenvalue weighted by atomic mass is 32.2. The Labute approximate surface area is 140 Å². The van der Waals surface area contributed by atoms with Gasteiger partial charge in [-0.15, -0.1) is 5.10 Å². The van der Waals surface area contributed by atoms with Crippen molar-refractivity contribution in [3.8, 4) is 0 Å². The van der Waals surface area contributed by atoms with E-state index < -0.39 is 0 Å². The quantitative estimate of drug-likeness (QED) is 0.632. The lowest BCUT2D eigenvalue weighted by Gasteiger charge is -2.23. The average Bonchev–Trinajstić information content (AvgIpc) is 2.95. The minimum absolute atomic E-state index is 0.0429. The molecule has 1 aromatic carbocycles. The van der Waals surface area contributed by atoms with Crippen LogP contribution in [0.15, 0.2) is 29.4 Å². The zero-order valence-electron chi connectivity index (χ0n) is 13.4. The van der Waals surface area contributed by atoms with Crippen LogP contribution in [-0.4, -0.2) is 46.5 Å². The first-order chi connectivity index (χ1) is 11.1. The molecular weight excluding hydrogens is 312 g/mol. The summed E-state index contributed by atoms with van der Waals surface area (Å²) < 4.78 is 0. The van der Waals surface area contributed by atoms with Crippen LogP contribution in [0.25, 0.3) is 0 Å². The van der Waals surface area contributed by atoms with Gasteiger partial charge in [-0.2, -0.15) is 4.98 Å². The van der Waals surface area contributed by atoms with Crippen LogP contribution >= 0.6 is 11.8 Å². The number of nitrogens with zero attached hydrogens (tertiary/aromatic N) is 3. The lowest BCUT2D eigenvalue weighted by atomic mass is 10.2. The Kier molecular flexibility index (Phi) is 6.28. The van der Waals surface area contributed by atoms with Gasteiger partial charge >= 0.3 is 0 Å². The molecule has 0 aliphatic rings. The highest BCUT2D eigenvalue weighted by Crippen LogP contribution is 2.15. The van der Waals surface area contributed by atoms with Crippen molar-refractivity contribution in [2.24, 2.45) is 0 Å². The van der Waals surface area contributed by atoms with E-state index >= 15 is 0 Å². The van der Waals surface area contributed by atoms with Crippen LogP contribution in [0.2, 0.25) is 0 Å². The molecule has 0 radical (unpaired) electrons. The van der Waals surface area contributed by atoms with Crippen LogP contribution in [0.3, 0.4) is 0 Å². The molecule has 2 rings (SSSR count). The number of rotatable bonds is 8. The van der Waals surface area contributed by atoms with Crippen molar-refractivity contribution in [3.05, 3.63) is 29.8 Å². The van der Waals surface area contributed by atoms with Crippen LogP contribution in [0.5, 0.6) is 0 Å². The van der Waals surface area contributed by atoms with Gasteiger partial charge in [0.2, 0.25) is 17.0 Å². The molecular formula is C15H22N6OS. The summed E-state index contributed by atoms with van der Waals surface area (Å²) >= 11 is 1.25. The maximum absolute atomic E-state index is 11.8. The van der Waals surface area contributed by atoms with E-state index in [9.17, 15) is 4.79 Å². The van der Waals surface area contributed by atoms with Crippen LogP contribution in [0, 0.1) is 6.92 Å². The number of carbonyl (C=O) groups excluding carboxylic acids is 1. The monoisotopic (exact) mass is 334 g/mol. The first-order valence-electron chi connectivity index (χ1n) is 7.47. The minimum Gasteiger partial charge on any atom is -0.370 e. The fraction of sp³-hybridized carbons (Fsp3) is 0.400. The fourth-order valence-corrected chi connectivity index (χ4v) is 2.76. The van der Waals surface area contributed by atoms with Crippen molar-refractivity contribution in [2.45, 2.75) is 19.0 Å². The predicted octanol–water partition coefficient (Wildman–Crippen LogP) is 1.43. The lowest BCUT2D eigenvalue weighted by molar-refractivity contribution is -0.118. The first-order valence-corrected chi connectivity index (χ1v) is 8.46. The minimum atomic E-state index is -0.0429. The molecule has 0 spiro atoms. The number of nitrogens with two attached hydrogens (primary N) is 1. The lowest BCUT2D eigenvalue weighted by Crippen LogP contribution is -2.35.